The van der Waals surface area contributed by atoms with Crippen molar-refractivity contribution >= 4 is 10.9 Å². The minimum absolute atomic E-state index is 0.494. The van der Waals surface area contributed by atoms with Crippen molar-refractivity contribution in [2.75, 3.05) is 0 Å². The van der Waals surface area contributed by atoms with Crippen LogP contribution in [-0.4, -0.2) is 11.0 Å². The molecule has 1 aliphatic rings. The number of nitrogens with one attached hydrogen (secondary N) is 2. The van der Waals surface area contributed by atoms with Gasteiger partial charge in [-0.1, -0.05) is 32.0 Å². The highest BCUT2D eigenvalue weighted by molar-refractivity contribution is 5.85. The molecule has 0 fully saturated rings. The zero-order valence-corrected chi connectivity index (χ0v) is 12.2. The number of fused-ring (bicyclic) bond motifs is 3. The Labute approximate surface area is 115 Å². The molecule has 19 heavy (non-hydrogen) atoms. The van der Waals surface area contributed by atoms with E-state index < -0.39 is 0 Å². The molecule has 1 aliphatic carbocycles. The lowest BCUT2D eigenvalue weighted by Gasteiger charge is -2.29. The molecule has 3 rings (SSSR count). The molecule has 102 valence electrons. The van der Waals surface area contributed by atoms with Gasteiger partial charge in [0.1, 0.15) is 0 Å². The van der Waals surface area contributed by atoms with Crippen molar-refractivity contribution in [1.82, 2.24) is 10.3 Å². The van der Waals surface area contributed by atoms with Crippen LogP contribution in [0.25, 0.3) is 10.9 Å². The first-order chi connectivity index (χ1) is 9.16. The fourth-order valence-corrected chi connectivity index (χ4v) is 3.09. The minimum Gasteiger partial charge on any atom is -0.357 e. The molecule has 1 heterocycles. The van der Waals surface area contributed by atoms with Crippen LogP contribution in [0.3, 0.4) is 0 Å². The smallest absolute Gasteiger partial charge is 0.0478 e. The number of benzene rings is 1. The molecule has 0 aliphatic heterocycles. The van der Waals surface area contributed by atoms with Gasteiger partial charge in [0.25, 0.3) is 0 Å². The van der Waals surface area contributed by atoms with E-state index in [1.165, 1.54) is 41.4 Å². The molecule has 0 amide bonds. The Balaban J connectivity index is 1.95. The van der Waals surface area contributed by atoms with Gasteiger partial charge in [0.15, 0.2) is 0 Å². The third-order valence-corrected chi connectivity index (χ3v) is 4.58. The zero-order chi connectivity index (χ0) is 13.4. The molecule has 2 unspecified atom stereocenters. The first-order valence-electron chi connectivity index (χ1n) is 7.52. The number of hydrogen-bond donors (Lipinski definition) is 2. The molecule has 0 saturated carbocycles. The predicted octanol–water partition coefficient (Wildman–Crippen LogP) is 4.18. The van der Waals surface area contributed by atoms with Crippen molar-refractivity contribution in [2.24, 2.45) is 5.92 Å². The maximum absolute atomic E-state index is 3.80. The molecule has 1 aromatic carbocycles. The number of aryl methyl sites for hydroxylation is 1. The number of hydrogen-bond acceptors (Lipinski definition) is 1. The highest BCUT2D eigenvalue weighted by Crippen LogP contribution is 2.35. The largest absolute Gasteiger partial charge is 0.357 e. The first kappa shape index (κ1) is 12.7. The van der Waals surface area contributed by atoms with Crippen molar-refractivity contribution < 1.29 is 0 Å². The minimum atomic E-state index is 0.494. The lowest BCUT2D eigenvalue weighted by Crippen LogP contribution is -2.36. The van der Waals surface area contributed by atoms with Crippen LogP contribution in [0.5, 0.6) is 0 Å². The van der Waals surface area contributed by atoms with Crippen molar-refractivity contribution in [2.45, 2.75) is 52.1 Å². The second-order valence-corrected chi connectivity index (χ2v) is 6.21. The van der Waals surface area contributed by atoms with E-state index in [9.17, 15) is 0 Å². The van der Waals surface area contributed by atoms with E-state index in [2.05, 4.69) is 55.3 Å². The van der Waals surface area contributed by atoms with Gasteiger partial charge in [0.05, 0.1) is 0 Å². The van der Waals surface area contributed by atoms with Crippen molar-refractivity contribution in [3.63, 3.8) is 0 Å². The summed E-state index contributed by atoms with van der Waals surface area (Å²) in [7, 11) is 0. The highest BCUT2D eigenvalue weighted by atomic mass is 15.0. The molecule has 2 nitrogen and oxygen atoms in total. The SMILES string of the molecule is CC(C)C(C)NC1CCCc2c1[nH]c1ccccc21. The van der Waals surface area contributed by atoms with E-state index >= 15 is 0 Å². The first-order valence-corrected chi connectivity index (χ1v) is 7.52. The normalized spacial score (nSPS) is 20.7. The number of rotatable bonds is 3. The van der Waals surface area contributed by atoms with E-state index in [0.29, 0.717) is 18.0 Å². The Kier molecular flexibility index (Phi) is 3.36. The van der Waals surface area contributed by atoms with Crippen LogP contribution in [0, 0.1) is 5.92 Å². The van der Waals surface area contributed by atoms with Gasteiger partial charge in [-0.15, -0.1) is 0 Å². The van der Waals surface area contributed by atoms with E-state index in [1.54, 1.807) is 0 Å². The average molecular weight is 256 g/mol. The summed E-state index contributed by atoms with van der Waals surface area (Å²) in [5.74, 6) is 0.676. The Morgan fingerprint density at radius 2 is 2.00 bits per heavy atom. The molecule has 1 aromatic heterocycles. The van der Waals surface area contributed by atoms with Crippen LogP contribution in [0.1, 0.15) is 50.9 Å². The summed E-state index contributed by atoms with van der Waals surface area (Å²) >= 11 is 0. The van der Waals surface area contributed by atoms with Gasteiger partial charge in [-0.2, -0.15) is 0 Å². The van der Waals surface area contributed by atoms with E-state index in [4.69, 9.17) is 0 Å². The van der Waals surface area contributed by atoms with Crippen LogP contribution in [-0.2, 0) is 6.42 Å². The number of aromatic amines is 1. The molecular formula is C17H24N2. The quantitative estimate of drug-likeness (QED) is 0.847. The molecule has 0 spiro atoms. The summed E-state index contributed by atoms with van der Waals surface area (Å²) in [4.78, 5) is 3.65. The number of H-pyrrole nitrogens is 1. The van der Waals surface area contributed by atoms with E-state index in [0.717, 1.165) is 0 Å². The highest BCUT2D eigenvalue weighted by Gasteiger charge is 2.25. The van der Waals surface area contributed by atoms with Crippen LogP contribution in [0.2, 0.25) is 0 Å². The predicted molar refractivity (Wildman–Crippen MR) is 81.4 cm³/mol. The third-order valence-electron chi connectivity index (χ3n) is 4.58. The summed E-state index contributed by atoms with van der Waals surface area (Å²) in [6.45, 7) is 6.86. The van der Waals surface area contributed by atoms with E-state index in [-0.39, 0.29) is 0 Å². The van der Waals surface area contributed by atoms with Crippen molar-refractivity contribution in [3.05, 3.63) is 35.5 Å². The molecule has 0 saturated heterocycles. The van der Waals surface area contributed by atoms with Crippen LogP contribution >= 0.6 is 0 Å². The van der Waals surface area contributed by atoms with Gasteiger partial charge < -0.3 is 10.3 Å². The van der Waals surface area contributed by atoms with Gasteiger partial charge in [-0.3, -0.25) is 0 Å². The number of aromatic nitrogens is 1. The van der Waals surface area contributed by atoms with Crippen LogP contribution < -0.4 is 5.32 Å². The number of para-hydroxylation sites is 1. The maximum Gasteiger partial charge on any atom is 0.0478 e. The summed E-state index contributed by atoms with van der Waals surface area (Å²) in [5.41, 5.74) is 4.26. The molecule has 0 bridgehead atoms. The lowest BCUT2D eigenvalue weighted by molar-refractivity contribution is 0.347. The molecule has 2 heteroatoms. The van der Waals surface area contributed by atoms with E-state index in [1.807, 2.05) is 0 Å². The van der Waals surface area contributed by atoms with Crippen molar-refractivity contribution in [1.29, 1.82) is 0 Å². The molecular weight excluding hydrogens is 232 g/mol. The second kappa shape index (κ2) is 5.01. The summed E-state index contributed by atoms with van der Waals surface area (Å²) in [6.07, 6.45) is 3.75. The fraction of sp³-hybridized carbons (Fsp3) is 0.529. The fourth-order valence-electron chi connectivity index (χ4n) is 3.09. The van der Waals surface area contributed by atoms with Crippen LogP contribution in [0.4, 0.5) is 0 Å². The average Bonchev–Trinajstić information content (AvgIpc) is 2.78. The molecule has 0 radical (unpaired) electrons. The Morgan fingerprint density at radius 1 is 1.21 bits per heavy atom. The topological polar surface area (TPSA) is 27.8 Å². The third kappa shape index (κ3) is 2.30. The second-order valence-electron chi connectivity index (χ2n) is 6.21. The van der Waals surface area contributed by atoms with Crippen LogP contribution in [0.15, 0.2) is 24.3 Å². The zero-order valence-electron chi connectivity index (χ0n) is 12.2. The molecule has 2 atom stereocenters. The lowest BCUT2D eigenvalue weighted by atomic mass is 9.90. The Morgan fingerprint density at radius 3 is 2.79 bits per heavy atom. The summed E-state index contributed by atoms with van der Waals surface area (Å²) < 4.78 is 0. The monoisotopic (exact) mass is 256 g/mol. The van der Waals surface area contributed by atoms with Gasteiger partial charge >= 0.3 is 0 Å². The van der Waals surface area contributed by atoms with Gasteiger partial charge in [0.2, 0.25) is 0 Å². The molecule has 2 N–H and O–H groups in total. The maximum atomic E-state index is 3.80. The Hall–Kier alpha value is -1.28. The summed E-state index contributed by atoms with van der Waals surface area (Å²) in [5, 5.41) is 5.22. The standard InChI is InChI=1S/C17H24N2/c1-11(2)12(3)18-16-10-6-8-14-13-7-4-5-9-15(13)19-17(14)16/h4-5,7,9,11-12,16,18-19H,6,8,10H2,1-3H3. The van der Waals surface area contributed by atoms with Gasteiger partial charge in [0, 0.05) is 28.7 Å². The summed E-state index contributed by atoms with van der Waals surface area (Å²) in [6, 6.07) is 9.75. The van der Waals surface area contributed by atoms with Crippen molar-refractivity contribution in [3.8, 4) is 0 Å². The van der Waals surface area contributed by atoms with Gasteiger partial charge in [-0.25, -0.2) is 0 Å². The Bertz CT molecular complexity index is 568. The van der Waals surface area contributed by atoms with Gasteiger partial charge in [-0.05, 0) is 43.7 Å². The molecule has 2 aromatic rings.